The van der Waals surface area contributed by atoms with Gasteiger partial charge in [-0.2, -0.15) is 0 Å². The standard InChI is InChI=1S/C41H56O7/c1-28(15-9-10-16-29(2)18-12-20-31(4)24-25-34-32(5)23-14-26-41(34,7)8)17-11-19-30(3)21-13-22-33(6)39(46)48-40-38(45)37(44)36(43)35(27-42)47-40/h9-13,15-22,24-25,35-38,40,42-45H,14,23,26-27H2,1-8H3/b10-9+,17-11+,18-12+,21-13+,25-24+,28-15-,29-16+,30-19+,31-20+,33-22+/t35-,36-,37-,38+,40+/m1/s1. The van der Waals surface area contributed by atoms with Gasteiger partial charge in [-0.25, -0.2) is 4.79 Å². The molecule has 0 aromatic heterocycles. The number of rotatable bonds is 13. The lowest BCUT2D eigenvalue weighted by Crippen LogP contribution is -2.59. The van der Waals surface area contributed by atoms with Crippen LogP contribution in [0, 0.1) is 5.41 Å². The average molecular weight is 661 g/mol. The maximum Gasteiger partial charge on any atom is 0.336 e. The van der Waals surface area contributed by atoms with Crippen molar-refractivity contribution < 1.29 is 34.7 Å². The summed E-state index contributed by atoms with van der Waals surface area (Å²) < 4.78 is 10.3. The summed E-state index contributed by atoms with van der Waals surface area (Å²) in [6, 6.07) is 0. The van der Waals surface area contributed by atoms with Crippen molar-refractivity contribution in [1.82, 2.24) is 0 Å². The van der Waals surface area contributed by atoms with Gasteiger partial charge in [0.25, 0.3) is 0 Å². The van der Waals surface area contributed by atoms with Gasteiger partial charge < -0.3 is 29.9 Å². The molecule has 0 aromatic carbocycles. The lowest BCUT2D eigenvalue weighted by molar-refractivity contribution is -0.291. The zero-order chi connectivity index (χ0) is 35.9. The topological polar surface area (TPSA) is 116 Å². The summed E-state index contributed by atoms with van der Waals surface area (Å²) in [5, 5.41) is 39.0. The Morgan fingerprint density at radius 2 is 1.27 bits per heavy atom. The third-order valence-electron chi connectivity index (χ3n) is 8.42. The van der Waals surface area contributed by atoms with E-state index < -0.39 is 43.3 Å². The minimum absolute atomic E-state index is 0.239. The highest BCUT2D eigenvalue weighted by atomic mass is 16.7. The minimum atomic E-state index is -1.64. The van der Waals surface area contributed by atoms with Crippen molar-refractivity contribution in [1.29, 1.82) is 0 Å². The summed E-state index contributed by atoms with van der Waals surface area (Å²) in [5.41, 5.74) is 7.91. The second kappa shape index (κ2) is 20.0. The van der Waals surface area contributed by atoms with Crippen molar-refractivity contribution in [3.8, 4) is 0 Å². The predicted octanol–water partition coefficient (Wildman–Crippen LogP) is 7.37. The minimum Gasteiger partial charge on any atom is -0.429 e. The van der Waals surface area contributed by atoms with Gasteiger partial charge in [0.05, 0.1) is 6.61 Å². The molecule has 48 heavy (non-hydrogen) atoms. The molecule has 5 atom stereocenters. The van der Waals surface area contributed by atoms with Crippen LogP contribution in [-0.2, 0) is 14.3 Å². The van der Waals surface area contributed by atoms with E-state index in [1.807, 2.05) is 56.4 Å². The molecule has 2 aliphatic rings. The number of carbonyl (C=O) groups is 1. The van der Waals surface area contributed by atoms with E-state index in [0.717, 1.165) is 16.7 Å². The van der Waals surface area contributed by atoms with Crippen molar-refractivity contribution >= 4 is 5.97 Å². The molecule has 1 saturated heterocycles. The molecule has 0 saturated carbocycles. The van der Waals surface area contributed by atoms with Crippen LogP contribution in [0.5, 0.6) is 0 Å². The Morgan fingerprint density at radius 1 is 0.771 bits per heavy atom. The van der Waals surface area contributed by atoms with E-state index >= 15 is 0 Å². The predicted molar refractivity (Wildman–Crippen MR) is 195 cm³/mol. The fraction of sp³-hybridized carbons (Fsp3) is 0.439. The van der Waals surface area contributed by atoms with Crippen molar-refractivity contribution in [2.24, 2.45) is 5.41 Å². The summed E-state index contributed by atoms with van der Waals surface area (Å²) in [6.45, 7) is 16.1. The molecule has 7 nitrogen and oxygen atoms in total. The lowest BCUT2D eigenvalue weighted by atomic mass is 9.72. The van der Waals surface area contributed by atoms with Gasteiger partial charge in [-0.3, -0.25) is 0 Å². The monoisotopic (exact) mass is 660 g/mol. The molecule has 7 heteroatoms. The fourth-order valence-electron chi connectivity index (χ4n) is 5.34. The number of aliphatic hydroxyl groups excluding tert-OH is 4. The third kappa shape index (κ3) is 13.5. The molecule has 1 fully saturated rings. The first-order valence-corrected chi connectivity index (χ1v) is 16.6. The number of esters is 1. The molecule has 2 rings (SSSR count). The second-order valence-electron chi connectivity index (χ2n) is 13.3. The van der Waals surface area contributed by atoms with Crippen LogP contribution in [0.3, 0.4) is 0 Å². The van der Waals surface area contributed by atoms with E-state index in [4.69, 9.17) is 9.47 Å². The van der Waals surface area contributed by atoms with Gasteiger partial charge >= 0.3 is 5.97 Å². The van der Waals surface area contributed by atoms with Crippen LogP contribution in [0.1, 0.15) is 74.7 Å². The summed E-state index contributed by atoms with van der Waals surface area (Å²) in [6.07, 6.45) is 26.3. The van der Waals surface area contributed by atoms with Crippen LogP contribution >= 0.6 is 0 Å². The maximum atomic E-state index is 12.4. The van der Waals surface area contributed by atoms with Gasteiger partial charge in [0, 0.05) is 5.57 Å². The first-order valence-electron chi connectivity index (χ1n) is 16.6. The number of allylic oxidation sites excluding steroid dienone is 21. The second-order valence-corrected chi connectivity index (χ2v) is 13.3. The molecule has 0 amide bonds. The van der Waals surface area contributed by atoms with E-state index in [2.05, 4.69) is 71.1 Å². The van der Waals surface area contributed by atoms with Crippen LogP contribution in [0.25, 0.3) is 0 Å². The largest absolute Gasteiger partial charge is 0.429 e. The SMILES string of the molecule is CC1=C(/C=C/C(C)=C/C=C/C(C)=C/C=C/C=C(C)\C=C\C=C(C)\C=C\C=C(/C)C(=O)O[C@@H]2O[C@H](CO)[C@@H](O)[C@@H](O)[C@@H]2O)C(C)(C)CCC1. The number of hydrogen-bond acceptors (Lipinski definition) is 7. The van der Waals surface area contributed by atoms with Gasteiger partial charge in [0.1, 0.15) is 24.4 Å². The van der Waals surface area contributed by atoms with E-state index in [1.165, 1.54) is 36.0 Å². The summed E-state index contributed by atoms with van der Waals surface area (Å²) >= 11 is 0. The quantitative estimate of drug-likeness (QED) is 0.0926. The van der Waals surface area contributed by atoms with Crippen molar-refractivity contribution in [2.45, 2.75) is 105 Å². The van der Waals surface area contributed by atoms with Crippen molar-refractivity contribution in [3.63, 3.8) is 0 Å². The molecule has 0 unspecified atom stereocenters. The van der Waals surface area contributed by atoms with Crippen LogP contribution in [-0.4, -0.2) is 63.7 Å². The molecule has 4 N–H and O–H groups in total. The molecular formula is C41H56O7. The zero-order valence-corrected chi connectivity index (χ0v) is 29.9. The highest BCUT2D eigenvalue weighted by molar-refractivity contribution is 5.88. The van der Waals surface area contributed by atoms with Crippen molar-refractivity contribution in [3.05, 3.63) is 130 Å². The Bertz CT molecular complexity index is 1440. The molecule has 0 aromatic rings. The molecule has 0 spiro atoms. The van der Waals surface area contributed by atoms with Gasteiger partial charge in [0.2, 0.25) is 6.29 Å². The molecule has 1 aliphatic carbocycles. The van der Waals surface area contributed by atoms with Crippen LogP contribution in [0.2, 0.25) is 0 Å². The van der Waals surface area contributed by atoms with Crippen molar-refractivity contribution in [2.75, 3.05) is 6.61 Å². The first-order chi connectivity index (χ1) is 22.7. The fourth-order valence-corrected chi connectivity index (χ4v) is 5.34. The number of aliphatic hydroxyl groups is 4. The van der Waals surface area contributed by atoms with Gasteiger partial charge in [-0.1, -0.05) is 133 Å². The zero-order valence-electron chi connectivity index (χ0n) is 29.9. The van der Waals surface area contributed by atoms with Crippen LogP contribution in [0.15, 0.2) is 130 Å². The maximum absolute atomic E-state index is 12.4. The van der Waals surface area contributed by atoms with E-state index in [9.17, 15) is 25.2 Å². The molecule has 0 bridgehead atoms. The smallest absolute Gasteiger partial charge is 0.336 e. The van der Waals surface area contributed by atoms with Gasteiger partial charge in [0.15, 0.2) is 0 Å². The molecule has 1 aliphatic heterocycles. The number of carbonyl (C=O) groups excluding carboxylic acids is 1. The highest BCUT2D eigenvalue weighted by Crippen LogP contribution is 2.40. The Morgan fingerprint density at radius 3 is 1.79 bits per heavy atom. The Hall–Kier alpha value is -3.59. The average Bonchev–Trinajstić information content (AvgIpc) is 3.02. The number of ether oxygens (including phenoxy) is 2. The summed E-state index contributed by atoms with van der Waals surface area (Å²) in [5.74, 6) is -0.762. The van der Waals surface area contributed by atoms with E-state index in [-0.39, 0.29) is 11.0 Å². The molecular weight excluding hydrogens is 604 g/mol. The van der Waals surface area contributed by atoms with Gasteiger partial charge in [-0.05, 0) is 71.8 Å². The summed E-state index contributed by atoms with van der Waals surface area (Å²) in [7, 11) is 0. The normalized spacial score (nSPS) is 27.1. The highest BCUT2D eigenvalue weighted by Gasteiger charge is 2.45. The first kappa shape index (κ1) is 40.6. The Kier molecular flexibility index (Phi) is 16.9. The number of hydrogen-bond donors (Lipinski definition) is 4. The Labute approximate surface area is 287 Å². The summed E-state index contributed by atoms with van der Waals surface area (Å²) in [4.78, 5) is 12.4. The van der Waals surface area contributed by atoms with E-state index in [0.29, 0.717) is 0 Å². The van der Waals surface area contributed by atoms with Gasteiger partial charge in [-0.15, -0.1) is 0 Å². The van der Waals surface area contributed by atoms with E-state index in [1.54, 1.807) is 19.1 Å². The Balaban J connectivity index is 1.85. The van der Waals surface area contributed by atoms with Crippen LogP contribution < -0.4 is 0 Å². The molecule has 0 radical (unpaired) electrons. The third-order valence-corrected chi connectivity index (χ3v) is 8.42. The lowest BCUT2D eigenvalue weighted by Gasteiger charge is -2.39. The molecule has 262 valence electrons. The van der Waals surface area contributed by atoms with Crippen LogP contribution in [0.4, 0.5) is 0 Å². The molecule has 1 heterocycles.